The van der Waals surface area contributed by atoms with Crippen molar-refractivity contribution in [2.45, 2.75) is 18.7 Å². The molecule has 2 aromatic rings. The molecule has 4 nitrogen and oxygen atoms in total. The maximum atomic E-state index is 13.8. The van der Waals surface area contributed by atoms with Gasteiger partial charge in [0.1, 0.15) is 11.6 Å². The molecule has 0 bridgehead atoms. The zero-order chi connectivity index (χ0) is 17.0. The average molecular weight is 358 g/mol. The Labute approximate surface area is 140 Å². The van der Waals surface area contributed by atoms with E-state index in [0.717, 1.165) is 0 Å². The minimum atomic E-state index is -3.78. The van der Waals surface area contributed by atoms with E-state index in [0.29, 0.717) is 11.3 Å². The van der Waals surface area contributed by atoms with Gasteiger partial charge in [0.15, 0.2) is 0 Å². The van der Waals surface area contributed by atoms with Crippen molar-refractivity contribution < 1.29 is 17.5 Å². The van der Waals surface area contributed by atoms with Gasteiger partial charge in [-0.1, -0.05) is 35.9 Å². The third-order valence-corrected chi connectivity index (χ3v) is 5.09. The molecule has 2 rings (SSSR count). The van der Waals surface area contributed by atoms with Crippen molar-refractivity contribution in [2.24, 2.45) is 0 Å². The second-order valence-corrected chi connectivity index (χ2v) is 7.20. The zero-order valence-corrected chi connectivity index (χ0v) is 14.3. The molecule has 0 radical (unpaired) electrons. The largest absolute Gasteiger partial charge is 0.496 e. The summed E-state index contributed by atoms with van der Waals surface area (Å²) in [7, 11) is -2.27. The summed E-state index contributed by atoms with van der Waals surface area (Å²) in [6.45, 7) is 1.69. The molecule has 0 aliphatic heterocycles. The maximum Gasteiger partial charge on any atom is 0.216 e. The predicted octanol–water partition coefficient (Wildman–Crippen LogP) is 3.67. The van der Waals surface area contributed by atoms with Crippen LogP contribution in [0.5, 0.6) is 5.75 Å². The number of ether oxygens (including phenoxy) is 1. The van der Waals surface area contributed by atoms with E-state index in [-0.39, 0.29) is 10.6 Å². The highest BCUT2D eigenvalue weighted by Crippen LogP contribution is 2.26. The Balaban J connectivity index is 2.21. The van der Waals surface area contributed by atoms with Crippen LogP contribution in [0.15, 0.2) is 42.5 Å². The van der Waals surface area contributed by atoms with Gasteiger partial charge in [0, 0.05) is 22.2 Å². The van der Waals surface area contributed by atoms with Gasteiger partial charge in [-0.2, -0.15) is 0 Å². The highest BCUT2D eigenvalue weighted by Gasteiger charge is 2.21. The lowest BCUT2D eigenvalue weighted by Gasteiger charge is -2.17. The number of para-hydroxylation sites is 1. The van der Waals surface area contributed by atoms with Crippen molar-refractivity contribution in [1.29, 1.82) is 0 Å². The molecule has 0 unspecified atom stereocenters. The van der Waals surface area contributed by atoms with Gasteiger partial charge in [-0.25, -0.2) is 17.5 Å². The quantitative estimate of drug-likeness (QED) is 0.858. The van der Waals surface area contributed by atoms with E-state index in [9.17, 15) is 12.8 Å². The van der Waals surface area contributed by atoms with Crippen LogP contribution < -0.4 is 9.46 Å². The van der Waals surface area contributed by atoms with Crippen LogP contribution in [0.3, 0.4) is 0 Å². The number of rotatable bonds is 6. The average Bonchev–Trinajstić information content (AvgIpc) is 2.50. The van der Waals surface area contributed by atoms with E-state index in [2.05, 4.69) is 4.72 Å². The Morgan fingerprint density at radius 3 is 2.57 bits per heavy atom. The Morgan fingerprint density at radius 1 is 1.22 bits per heavy atom. The van der Waals surface area contributed by atoms with Gasteiger partial charge in [0.05, 0.1) is 12.9 Å². The number of sulfonamides is 1. The first-order chi connectivity index (χ1) is 10.8. The summed E-state index contributed by atoms with van der Waals surface area (Å²) >= 11 is 5.88. The highest BCUT2D eigenvalue weighted by atomic mass is 35.5. The lowest BCUT2D eigenvalue weighted by atomic mass is 10.1. The molecule has 0 fully saturated rings. The van der Waals surface area contributed by atoms with Crippen molar-refractivity contribution in [2.75, 3.05) is 7.11 Å². The summed E-state index contributed by atoms with van der Waals surface area (Å²) in [5.41, 5.74) is 0.645. The summed E-state index contributed by atoms with van der Waals surface area (Å²) < 4.78 is 46.1. The third kappa shape index (κ3) is 4.43. The van der Waals surface area contributed by atoms with Gasteiger partial charge >= 0.3 is 0 Å². The number of hydrogen-bond acceptors (Lipinski definition) is 3. The van der Waals surface area contributed by atoms with Crippen molar-refractivity contribution in [3.63, 3.8) is 0 Å². The van der Waals surface area contributed by atoms with Gasteiger partial charge in [-0.15, -0.1) is 0 Å². The van der Waals surface area contributed by atoms with Crippen molar-refractivity contribution in [3.8, 4) is 5.75 Å². The van der Waals surface area contributed by atoms with Crippen LogP contribution in [0.2, 0.25) is 5.02 Å². The smallest absolute Gasteiger partial charge is 0.216 e. The van der Waals surface area contributed by atoms with Gasteiger partial charge in [0.25, 0.3) is 0 Å². The normalized spacial score (nSPS) is 12.9. The van der Waals surface area contributed by atoms with E-state index in [1.165, 1.54) is 25.3 Å². The van der Waals surface area contributed by atoms with Gasteiger partial charge < -0.3 is 4.74 Å². The van der Waals surface area contributed by atoms with E-state index < -0.39 is 27.6 Å². The van der Waals surface area contributed by atoms with E-state index in [4.69, 9.17) is 16.3 Å². The fourth-order valence-electron chi connectivity index (χ4n) is 2.26. The van der Waals surface area contributed by atoms with E-state index in [1.807, 2.05) is 0 Å². The van der Waals surface area contributed by atoms with Crippen molar-refractivity contribution in [3.05, 3.63) is 64.4 Å². The lowest BCUT2D eigenvalue weighted by Crippen LogP contribution is -2.28. The fourth-order valence-corrected chi connectivity index (χ4v) is 3.99. The van der Waals surface area contributed by atoms with E-state index in [1.54, 1.807) is 31.2 Å². The molecule has 0 saturated heterocycles. The van der Waals surface area contributed by atoms with Crippen LogP contribution >= 0.6 is 11.6 Å². The van der Waals surface area contributed by atoms with Crippen LogP contribution in [0, 0.1) is 5.82 Å². The van der Waals surface area contributed by atoms with E-state index >= 15 is 0 Å². The molecular weight excluding hydrogens is 341 g/mol. The monoisotopic (exact) mass is 357 g/mol. The fraction of sp³-hybridized carbons (Fsp3) is 0.250. The number of methoxy groups -OCH3 is 1. The first-order valence-electron chi connectivity index (χ1n) is 6.90. The molecule has 23 heavy (non-hydrogen) atoms. The maximum absolute atomic E-state index is 13.8. The molecule has 0 aromatic heterocycles. The molecule has 0 heterocycles. The molecule has 0 amide bonds. The molecule has 7 heteroatoms. The second-order valence-electron chi connectivity index (χ2n) is 5.04. The SMILES string of the molecule is COc1ccccc1[C@@H](C)NS(=O)(=O)Cc1c(F)cccc1Cl. The minimum absolute atomic E-state index is 0.0473. The number of nitrogens with one attached hydrogen (secondary N) is 1. The summed E-state index contributed by atoms with van der Waals surface area (Å²) in [6, 6.07) is 10.6. The molecule has 0 saturated carbocycles. The van der Waals surface area contributed by atoms with Crippen LogP contribution in [0.4, 0.5) is 4.39 Å². The van der Waals surface area contributed by atoms with Gasteiger partial charge in [0.2, 0.25) is 10.0 Å². The summed E-state index contributed by atoms with van der Waals surface area (Å²) in [5.74, 6) is -0.600. The third-order valence-electron chi connectivity index (χ3n) is 3.36. The minimum Gasteiger partial charge on any atom is -0.496 e. The Morgan fingerprint density at radius 2 is 1.91 bits per heavy atom. The number of hydrogen-bond donors (Lipinski definition) is 1. The summed E-state index contributed by atoms with van der Waals surface area (Å²) in [5, 5.41) is 0.0836. The molecule has 0 spiro atoms. The second kappa shape index (κ2) is 7.29. The van der Waals surface area contributed by atoms with Gasteiger partial charge in [-0.05, 0) is 25.1 Å². The standard InChI is InChI=1S/C16H17ClFNO3S/c1-11(12-6-3-4-9-16(12)22-2)19-23(20,21)10-13-14(17)7-5-8-15(13)18/h3-9,11,19H,10H2,1-2H3/t11-/m1/s1. The zero-order valence-electron chi connectivity index (χ0n) is 12.7. The van der Waals surface area contributed by atoms with Crippen molar-refractivity contribution >= 4 is 21.6 Å². The molecule has 0 aliphatic rings. The number of benzene rings is 2. The molecule has 2 aromatic carbocycles. The van der Waals surface area contributed by atoms with Crippen molar-refractivity contribution in [1.82, 2.24) is 4.72 Å². The Bertz CT molecular complexity index is 775. The first kappa shape index (κ1) is 17.7. The van der Waals surface area contributed by atoms with Crippen LogP contribution in [-0.2, 0) is 15.8 Å². The Kier molecular flexibility index (Phi) is 5.62. The molecule has 1 N–H and O–H groups in total. The van der Waals surface area contributed by atoms with Crippen LogP contribution in [-0.4, -0.2) is 15.5 Å². The van der Waals surface area contributed by atoms with Crippen LogP contribution in [0.1, 0.15) is 24.1 Å². The topological polar surface area (TPSA) is 55.4 Å². The first-order valence-corrected chi connectivity index (χ1v) is 8.93. The van der Waals surface area contributed by atoms with Gasteiger partial charge in [-0.3, -0.25) is 0 Å². The summed E-state index contributed by atoms with van der Waals surface area (Å²) in [6.07, 6.45) is 0. The molecule has 124 valence electrons. The summed E-state index contributed by atoms with van der Waals surface area (Å²) in [4.78, 5) is 0. The molecular formula is C16H17ClFNO3S. The lowest BCUT2D eigenvalue weighted by molar-refractivity contribution is 0.405. The van der Waals surface area contributed by atoms with Crippen LogP contribution in [0.25, 0.3) is 0 Å². The highest BCUT2D eigenvalue weighted by molar-refractivity contribution is 7.88. The number of halogens is 2. The Hall–Kier alpha value is -1.63. The molecule has 0 aliphatic carbocycles. The predicted molar refractivity (Wildman–Crippen MR) is 88.6 cm³/mol. The molecule has 1 atom stereocenters.